The summed E-state index contributed by atoms with van der Waals surface area (Å²) in [5.41, 5.74) is 5.23. The van der Waals surface area contributed by atoms with E-state index in [1.54, 1.807) is 30.3 Å². The summed E-state index contributed by atoms with van der Waals surface area (Å²) < 4.78 is 27.8. The highest BCUT2D eigenvalue weighted by Crippen LogP contribution is 2.23. The SMILES string of the molecule is C=CC(CN(C#C[Si](C)(C)C)S(=O)(=O)c1ccc(C)cc1)c1ccccc1. The van der Waals surface area contributed by atoms with Crippen molar-refractivity contribution < 1.29 is 8.42 Å². The van der Waals surface area contributed by atoms with Crippen molar-refractivity contribution in [3.8, 4) is 11.6 Å². The molecule has 0 spiro atoms. The maximum atomic E-state index is 13.2. The Morgan fingerprint density at radius 1 is 1.07 bits per heavy atom. The van der Waals surface area contributed by atoms with E-state index in [0.29, 0.717) is 0 Å². The Balaban J connectivity index is 2.45. The van der Waals surface area contributed by atoms with Crippen LogP contribution in [-0.2, 0) is 10.0 Å². The maximum Gasteiger partial charge on any atom is 0.270 e. The van der Waals surface area contributed by atoms with Crippen molar-refractivity contribution >= 4 is 18.1 Å². The van der Waals surface area contributed by atoms with Gasteiger partial charge in [-0.15, -0.1) is 12.1 Å². The summed E-state index contributed by atoms with van der Waals surface area (Å²) in [5.74, 6) is -0.137. The third-order valence-corrected chi connectivity index (χ3v) is 6.59. The lowest BCUT2D eigenvalue weighted by molar-refractivity contribution is 0.499. The molecule has 3 nitrogen and oxygen atoms in total. The Bertz CT molecular complexity index is 934. The van der Waals surface area contributed by atoms with Crippen LogP contribution in [0.3, 0.4) is 0 Å². The number of aryl methyl sites for hydroxylation is 1. The molecular formula is C22H27NO2SSi. The fraction of sp³-hybridized carbons (Fsp3) is 0.273. The normalized spacial score (nSPS) is 12.6. The summed E-state index contributed by atoms with van der Waals surface area (Å²) in [6.45, 7) is 12.4. The molecule has 5 heteroatoms. The number of sulfonamides is 1. The molecule has 2 rings (SSSR count). The van der Waals surface area contributed by atoms with Crippen LogP contribution in [0.5, 0.6) is 0 Å². The number of hydrogen-bond acceptors (Lipinski definition) is 2. The molecule has 0 aromatic heterocycles. The molecule has 0 saturated carbocycles. The molecule has 0 saturated heterocycles. The number of hydrogen-bond donors (Lipinski definition) is 0. The van der Waals surface area contributed by atoms with Gasteiger partial charge in [0.1, 0.15) is 8.07 Å². The Labute approximate surface area is 164 Å². The minimum Gasteiger partial charge on any atom is -0.224 e. The minimum absolute atomic E-state index is 0.137. The third-order valence-electron chi connectivity index (χ3n) is 4.04. The summed E-state index contributed by atoms with van der Waals surface area (Å²) >= 11 is 0. The Morgan fingerprint density at radius 3 is 2.19 bits per heavy atom. The van der Waals surface area contributed by atoms with Crippen LogP contribution in [0.25, 0.3) is 0 Å². The van der Waals surface area contributed by atoms with Gasteiger partial charge in [-0.25, -0.2) is 12.7 Å². The quantitative estimate of drug-likeness (QED) is 0.304. The van der Waals surface area contributed by atoms with E-state index in [-0.39, 0.29) is 17.4 Å². The van der Waals surface area contributed by atoms with Gasteiger partial charge in [0, 0.05) is 12.0 Å². The second kappa shape index (κ2) is 8.60. The first-order chi connectivity index (χ1) is 12.6. The van der Waals surface area contributed by atoms with Gasteiger partial charge in [-0.2, -0.15) is 0 Å². The van der Waals surface area contributed by atoms with Gasteiger partial charge in [-0.3, -0.25) is 0 Å². The summed E-state index contributed by atoms with van der Waals surface area (Å²) in [4.78, 5) is 0.258. The third kappa shape index (κ3) is 5.85. The van der Waals surface area contributed by atoms with Gasteiger partial charge in [0.25, 0.3) is 10.0 Å². The van der Waals surface area contributed by atoms with Crippen molar-refractivity contribution in [2.75, 3.05) is 6.54 Å². The monoisotopic (exact) mass is 397 g/mol. The highest BCUT2D eigenvalue weighted by atomic mass is 32.2. The summed E-state index contributed by atoms with van der Waals surface area (Å²) in [6, 6.07) is 19.6. The first-order valence-corrected chi connectivity index (χ1v) is 13.9. The molecular weight excluding hydrogens is 370 g/mol. The molecule has 0 aliphatic carbocycles. The Kier molecular flexibility index (Phi) is 6.69. The van der Waals surface area contributed by atoms with Crippen LogP contribution >= 0.6 is 0 Å². The molecule has 0 fully saturated rings. The van der Waals surface area contributed by atoms with Gasteiger partial charge >= 0.3 is 0 Å². The zero-order valence-corrected chi connectivity index (χ0v) is 18.3. The first kappa shape index (κ1) is 21.0. The Hall–Kier alpha value is -2.29. The molecule has 0 aliphatic rings. The van der Waals surface area contributed by atoms with Crippen LogP contribution in [0.15, 0.2) is 72.1 Å². The lowest BCUT2D eigenvalue weighted by Crippen LogP contribution is -2.31. The van der Waals surface area contributed by atoms with E-state index in [2.05, 4.69) is 37.8 Å². The molecule has 0 radical (unpaired) electrons. The van der Waals surface area contributed by atoms with E-state index in [1.807, 2.05) is 37.3 Å². The fourth-order valence-corrected chi connectivity index (χ4v) is 4.27. The number of rotatable bonds is 6. The molecule has 0 bridgehead atoms. The van der Waals surface area contributed by atoms with Crippen molar-refractivity contribution in [3.05, 3.63) is 78.4 Å². The van der Waals surface area contributed by atoms with Crippen LogP contribution in [0.1, 0.15) is 17.0 Å². The van der Waals surface area contributed by atoms with E-state index in [0.717, 1.165) is 11.1 Å². The molecule has 0 N–H and O–H groups in total. The van der Waals surface area contributed by atoms with Crippen molar-refractivity contribution in [2.24, 2.45) is 0 Å². The smallest absolute Gasteiger partial charge is 0.224 e. The van der Waals surface area contributed by atoms with Crippen molar-refractivity contribution in [1.29, 1.82) is 0 Å². The van der Waals surface area contributed by atoms with Crippen LogP contribution in [0.2, 0.25) is 19.6 Å². The van der Waals surface area contributed by atoms with E-state index in [9.17, 15) is 8.42 Å². The minimum atomic E-state index is -3.72. The lowest BCUT2D eigenvalue weighted by Gasteiger charge is -2.23. The van der Waals surface area contributed by atoms with Crippen molar-refractivity contribution in [1.82, 2.24) is 4.31 Å². The van der Waals surface area contributed by atoms with Crippen LogP contribution in [0.4, 0.5) is 0 Å². The second-order valence-electron chi connectivity index (χ2n) is 7.59. The van der Waals surface area contributed by atoms with Crippen molar-refractivity contribution in [2.45, 2.75) is 37.4 Å². The Morgan fingerprint density at radius 2 is 1.67 bits per heavy atom. The van der Waals surface area contributed by atoms with E-state index < -0.39 is 18.1 Å². The van der Waals surface area contributed by atoms with Crippen LogP contribution < -0.4 is 0 Å². The average Bonchev–Trinajstić information content (AvgIpc) is 2.62. The van der Waals surface area contributed by atoms with Gasteiger partial charge < -0.3 is 0 Å². The summed E-state index contributed by atoms with van der Waals surface area (Å²) in [7, 11) is -5.46. The zero-order chi connectivity index (χ0) is 20.1. The molecule has 142 valence electrons. The topological polar surface area (TPSA) is 37.4 Å². The maximum absolute atomic E-state index is 13.2. The average molecular weight is 398 g/mol. The molecule has 0 aliphatic heterocycles. The fourth-order valence-electron chi connectivity index (χ4n) is 2.47. The van der Waals surface area contributed by atoms with E-state index >= 15 is 0 Å². The zero-order valence-electron chi connectivity index (χ0n) is 16.4. The van der Waals surface area contributed by atoms with Crippen LogP contribution in [0, 0.1) is 18.5 Å². The molecule has 0 amide bonds. The molecule has 2 aromatic rings. The second-order valence-corrected chi connectivity index (χ2v) is 14.2. The molecule has 2 aromatic carbocycles. The highest BCUT2D eigenvalue weighted by molar-refractivity contribution is 7.89. The van der Waals surface area contributed by atoms with Gasteiger partial charge in [0.05, 0.1) is 11.4 Å². The van der Waals surface area contributed by atoms with Crippen molar-refractivity contribution in [3.63, 3.8) is 0 Å². The molecule has 27 heavy (non-hydrogen) atoms. The predicted molar refractivity (Wildman–Crippen MR) is 116 cm³/mol. The molecule has 1 atom stereocenters. The molecule has 0 heterocycles. The van der Waals surface area contributed by atoms with Crippen LogP contribution in [-0.4, -0.2) is 27.3 Å². The largest absolute Gasteiger partial charge is 0.270 e. The first-order valence-electron chi connectivity index (χ1n) is 8.93. The predicted octanol–water partition coefficient (Wildman–Crippen LogP) is 4.79. The standard InChI is InChI=1S/C22H27NO2SSi/c1-6-20(21-10-8-7-9-11-21)18-23(16-17-27(3,4)5)26(24,25)22-14-12-19(2)13-15-22/h6-15,20H,1,18H2,2-5H3. The summed E-state index contributed by atoms with van der Waals surface area (Å²) in [6.07, 6.45) is 1.78. The van der Waals surface area contributed by atoms with Gasteiger partial charge in [-0.1, -0.05) is 73.7 Å². The lowest BCUT2D eigenvalue weighted by atomic mass is 9.99. The number of nitrogens with zero attached hydrogens (tertiary/aromatic N) is 1. The van der Waals surface area contributed by atoms with Gasteiger partial charge in [-0.05, 0) is 24.6 Å². The van der Waals surface area contributed by atoms with E-state index in [1.165, 1.54) is 4.31 Å². The van der Waals surface area contributed by atoms with Gasteiger partial charge in [0.2, 0.25) is 0 Å². The van der Waals surface area contributed by atoms with Gasteiger partial charge in [0.15, 0.2) is 0 Å². The van der Waals surface area contributed by atoms with E-state index in [4.69, 9.17) is 0 Å². The number of benzene rings is 2. The summed E-state index contributed by atoms with van der Waals surface area (Å²) in [5, 5.41) is 0. The highest BCUT2D eigenvalue weighted by Gasteiger charge is 2.25. The molecule has 1 unspecified atom stereocenters.